The van der Waals surface area contributed by atoms with Crippen molar-refractivity contribution in [2.75, 3.05) is 6.54 Å². The van der Waals surface area contributed by atoms with Gasteiger partial charge in [-0.3, -0.25) is 4.79 Å². The highest BCUT2D eigenvalue weighted by Gasteiger charge is 2.17. The number of amides is 1. The summed E-state index contributed by atoms with van der Waals surface area (Å²) in [4.78, 5) is 13.4. The van der Waals surface area contributed by atoms with Crippen LogP contribution in [0.1, 0.15) is 24.8 Å². The van der Waals surface area contributed by atoms with Gasteiger partial charge in [0.25, 0.3) is 0 Å². The zero-order valence-electron chi connectivity index (χ0n) is 8.65. The largest absolute Gasteiger partial charge is 0.508 e. The third-order valence-electron chi connectivity index (χ3n) is 2.71. The standard InChI is InChI=1S/C12H15NO2/c14-11-5-3-4-10(8-11)9-13-7-2-1-6-12(13)15/h3-5,8,14H,1-2,6-7,9H2. The number of piperidine rings is 1. The van der Waals surface area contributed by atoms with Crippen LogP contribution in [0.3, 0.4) is 0 Å². The fourth-order valence-corrected chi connectivity index (χ4v) is 1.90. The van der Waals surface area contributed by atoms with E-state index in [1.807, 2.05) is 11.0 Å². The molecule has 1 aliphatic rings. The Morgan fingerprint density at radius 1 is 1.33 bits per heavy atom. The van der Waals surface area contributed by atoms with E-state index < -0.39 is 0 Å². The van der Waals surface area contributed by atoms with Crippen molar-refractivity contribution in [3.8, 4) is 5.75 Å². The quantitative estimate of drug-likeness (QED) is 0.801. The summed E-state index contributed by atoms with van der Waals surface area (Å²) in [5, 5.41) is 9.30. The van der Waals surface area contributed by atoms with Gasteiger partial charge < -0.3 is 10.0 Å². The van der Waals surface area contributed by atoms with Crippen LogP contribution >= 0.6 is 0 Å². The van der Waals surface area contributed by atoms with Crippen LogP contribution in [0.5, 0.6) is 5.75 Å². The molecule has 0 unspecified atom stereocenters. The molecule has 1 saturated heterocycles. The van der Waals surface area contributed by atoms with Crippen LogP contribution in [0.4, 0.5) is 0 Å². The molecule has 1 aromatic rings. The van der Waals surface area contributed by atoms with Gasteiger partial charge in [-0.05, 0) is 30.5 Å². The highest BCUT2D eigenvalue weighted by Crippen LogP contribution is 2.17. The van der Waals surface area contributed by atoms with E-state index >= 15 is 0 Å². The van der Waals surface area contributed by atoms with Crippen LogP contribution in [0.2, 0.25) is 0 Å². The molecule has 3 heteroatoms. The van der Waals surface area contributed by atoms with E-state index in [4.69, 9.17) is 0 Å². The number of nitrogens with zero attached hydrogens (tertiary/aromatic N) is 1. The fraction of sp³-hybridized carbons (Fsp3) is 0.417. The van der Waals surface area contributed by atoms with Gasteiger partial charge in [-0.25, -0.2) is 0 Å². The zero-order valence-corrected chi connectivity index (χ0v) is 8.65. The van der Waals surface area contributed by atoms with Gasteiger partial charge >= 0.3 is 0 Å². The molecule has 1 aromatic carbocycles. The predicted molar refractivity (Wildman–Crippen MR) is 57.4 cm³/mol. The summed E-state index contributed by atoms with van der Waals surface area (Å²) in [6, 6.07) is 7.09. The summed E-state index contributed by atoms with van der Waals surface area (Å²) < 4.78 is 0. The lowest BCUT2D eigenvalue weighted by molar-refractivity contribution is -0.133. The van der Waals surface area contributed by atoms with Gasteiger partial charge in [0.15, 0.2) is 0 Å². The van der Waals surface area contributed by atoms with Crippen molar-refractivity contribution in [3.63, 3.8) is 0 Å². The molecule has 0 atom stereocenters. The Morgan fingerprint density at radius 3 is 2.93 bits per heavy atom. The smallest absolute Gasteiger partial charge is 0.222 e. The topological polar surface area (TPSA) is 40.5 Å². The molecule has 2 rings (SSSR count). The molecule has 0 saturated carbocycles. The minimum Gasteiger partial charge on any atom is -0.508 e. The van der Waals surface area contributed by atoms with Gasteiger partial charge in [0.05, 0.1) is 0 Å². The molecule has 0 radical (unpaired) electrons. The number of carbonyl (C=O) groups is 1. The molecule has 15 heavy (non-hydrogen) atoms. The summed E-state index contributed by atoms with van der Waals surface area (Å²) in [5.41, 5.74) is 0.991. The highest BCUT2D eigenvalue weighted by atomic mass is 16.3. The van der Waals surface area contributed by atoms with Crippen molar-refractivity contribution < 1.29 is 9.90 Å². The van der Waals surface area contributed by atoms with Crippen LogP contribution in [-0.4, -0.2) is 22.5 Å². The lowest BCUT2D eigenvalue weighted by Crippen LogP contribution is -2.34. The highest BCUT2D eigenvalue weighted by molar-refractivity contribution is 5.76. The Balaban J connectivity index is 2.04. The summed E-state index contributed by atoms with van der Waals surface area (Å²) >= 11 is 0. The maximum absolute atomic E-state index is 11.5. The van der Waals surface area contributed by atoms with E-state index in [0.717, 1.165) is 24.9 Å². The molecule has 1 fully saturated rings. The van der Waals surface area contributed by atoms with Gasteiger partial charge in [-0.2, -0.15) is 0 Å². The Kier molecular flexibility index (Phi) is 2.90. The van der Waals surface area contributed by atoms with E-state index in [2.05, 4.69) is 0 Å². The number of rotatable bonds is 2. The van der Waals surface area contributed by atoms with Crippen LogP contribution in [0, 0.1) is 0 Å². The zero-order chi connectivity index (χ0) is 10.7. The summed E-state index contributed by atoms with van der Waals surface area (Å²) in [6.07, 6.45) is 2.76. The normalized spacial score (nSPS) is 16.8. The Hall–Kier alpha value is -1.51. The van der Waals surface area contributed by atoms with Crippen LogP contribution < -0.4 is 0 Å². The number of phenols is 1. The minimum absolute atomic E-state index is 0.226. The third kappa shape index (κ3) is 2.49. The van der Waals surface area contributed by atoms with Crippen LogP contribution in [0.15, 0.2) is 24.3 Å². The van der Waals surface area contributed by atoms with E-state index in [1.54, 1.807) is 18.2 Å². The lowest BCUT2D eigenvalue weighted by Gasteiger charge is -2.26. The SMILES string of the molecule is O=C1CCCCN1Cc1cccc(O)c1. The molecule has 1 aliphatic heterocycles. The first-order valence-electron chi connectivity index (χ1n) is 5.31. The molecule has 3 nitrogen and oxygen atoms in total. The Morgan fingerprint density at radius 2 is 2.20 bits per heavy atom. The fourth-order valence-electron chi connectivity index (χ4n) is 1.90. The van der Waals surface area contributed by atoms with Gasteiger partial charge in [-0.15, -0.1) is 0 Å². The first kappa shape index (κ1) is 10.0. The van der Waals surface area contributed by atoms with Crippen molar-refractivity contribution in [3.05, 3.63) is 29.8 Å². The molecule has 1 N–H and O–H groups in total. The molecule has 0 spiro atoms. The predicted octanol–water partition coefficient (Wildman–Crippen LogP) is 1.90. The van der Waals surface area contributed by atoms with Crippen LogP contribution in [-0.2, 0) is 11.3 Å². The minimum atomic E-state index is 0.226. The van der Waals surface area contributed by atoms with Gasteiger partial charge in [-0.1, -0.05) is 12.1 Å². The molecule has 1 amide bonds. The lowest BCUT2D eigenvalue weighted by atomic mass is 10.1. The van der Waals surface area contributed by atoms with E-state index in [1.165, 1.54) is 0 Å². The number of carbonyl (C=O) groups excluding carboxylic acids is 1. The van der Waals surface area contributed by atoms with Crippen molar-refractivity contribution in [1.82, 2.24) is 4.90 Å². The van der Waals surface area contributed by atoms with Crippen molar-refractivity contribution in [2.24, 2.45) is 0 Å². The molecule has 80 valence electrons. The van der Waals surface area contributed by atoms with E-state index in [0.29, 0.717) is 13.0 Å². The number of hydrogen-bond acceptors (Lipinski definition) is 2. The second-order valence-corrected chi connectivity index (χ2v) is 3.94. The molecule has 0 bridgehead atoms. The number of hydrogen-bond donors (Lipinski definition) is 1. The molecule has 1 heterocycles. The maximum atomic E-state index is 11.5. The average Bonchev–Trinajstić information content (AvgIpc) is 2.22. The van der Waals surface area contributed by atoms with Crippen molar-refractivity contribution in [1.29, 1.82) is 0 Å². The first-order valence-corrected chi connectivity index (χ1v) is 5.31. The van der Waals surface area contributed by atoms with Gasteiger partial charge in [0.1, 0.15) is 5.75 Å². The van der Waals surface area contributed by atoms with Gasteiger partial charge in [0, 0.05) is 19.5 Å². The van der Waals surface area contributed by atoms with Gasteiger partial charge in [0.2, 0.25) is 5.91 Å². The monoisotopic (exact) mass is 205 g/mol. The summed E-state index contributed by atoms with van der Waals surface area (Å²) in [5.74, 6) is 0.488. The summed E-state index contributed by atoms with van der Waals surface area (Å²) in [6.45, 7) is 1.46. The second kappa shape index (κ2) is 4.34. The van der Waals surface area contributed by atoms with E-state index in [9.17, 15) is 9.90 Å². The Labute approximate surface area is 89.3 Å². The number of benzene rings is 1. The van der Waals surface area contributed by atoms with Crippen molar-refractivity contribution in [2.45, 2.75) is 25.8 Å². The number of likely N-dealkylation sites (tertiary alicyclic amines) is 1. The molecule has 0 aromatic heterocycles. The summed E-state index contributed by atoms with van der Waals surface area (Å²) in [7, 11) is 0. The third-order valence-corrected chi connectivity index (χ3v) is 2.71. The van der Waals surface area contributed by atoms with E-state index in [-0.39, 0.29) is 11.7 Å². The van der Waals surface area contributed by atoms with Crippen LogP contribution in [0.25, 0.3) is 0 Å². The second-order valence-electron chi connectivity index (χ2n) is 3.94. The number of aromatic hydroxyl groups is 1. The molecule has 0 aliphatic carbocycles. The first-order chi connectivity index (χ1) is 7.25. The average molecular weight is 205 g/mol. The number of phenolic OH excluding ortho intramolecular Hbond substituents is 1. The molecular weight excluding hydrogens is 190 g/mol. The maximum Gasteiger partial charge on any atom is 0.222 e. The molecular formula is C12H15NO2. The Bertz CT molecular complexity index is 362. The van der Waals surface area contributed by atoms with Crippen molar-refractivity contribution >= 4 is 5.91 Å².